The molecule has 3 aromatic rings. The van der Waals surface area contributed by atoms with Gasteiger partial charge in [-0.05, 0) is 37.1 Å². The standard InChI is InChI=1S/C23H21ClN4O3/c1-30-15-9-10-16(19(12-15)31-2)21-20-17(7-4-8-18(20)29)25-23-26-22(27-28(21)23)13-5-3-6-14(24)11-13/h3,5-6,9-12,21H,4,7-8H2,1-2H3,(H,25,26,27). The highest BCUT2D eigenvalue weighted by atomic mass is 35.5. The normalized spacial score (nSPS) is 17.6. The summed E-state index contributed by atoms with van der Waals surface area (Å²) in [6.45, 7) is 0. The van der Waals surface area contributed by atoms with Gasteiger partial charge in [0.1, 0.15) is 17.5 Å². The van der Waals surface area contributed by atoms with E-state index in [0.29, 0.717) is 40.3 Å². The highest BCUT2D eigenvalue weighted by Crippen LogP contribution is 2.44. The largest absolute Gasteiger partial charge is 0.497 e. The van der Waals surface area contributed by atoms with Gasteiger partial charge >= 0.3 is 0 Å². The Bertz CT molecular complexity index is 1220. The van der Waals surface area contributed by atoms with Crippen LogP contribution in [-0.2, 0) is 4.79 Å². The molecule has 1 aromatic heterocycles. The number of aromatic nitrogens is 3. The lowest BCUT2D eigenvalue weighted by Gasteiger charge is -2.32. The maximum Gasteiger partial charge on any atom is 0.226 e. The number of halogens is 1. The van der Waals surface area contributed by atoms with E-state index < -0.39 is 6.04 Å². The number of hydrogen-bond acceptors (Lipinski definition) is 6. The van der Waals surface area contributed by atoms with Crippen LogP contribution in [0.5, 0.6) is 11.5 Å². The molecule has 1 N–H and O–H groups in total. The maximum absolute atomic E-state index is 13.0. The first kappa shape index (κ1) is 19.6. The van der Waals surface area contributed by atoms with Gasteiger partial charge in [0, 0.05) is 39.9 Å². The van der Waals surface area contributed by atoms with Crippen LogP contribution in [0.25, 0.3) is 11.4 Å². The lowest BCUT2D eigenvalue weighted by Crippen LogP contribution is -2.31. The average Bonchev–Trinajstić information content (AvgIpc) is 3.21. The number of anilines is 1. The molecule has 0 fully saturated rings. The fourth-order valence-corrected chi connectivity index (χ4v) is 4.43. The van der Waals surface area contributed by atoms with Gasteiger partial charge in [-0.15, -0.1) is 5.10 Å². The molecule has 8 heteroatoms. The predicted octanol–water partition coefficient (Wildman–Crippen LogP) is 4.64. The molecule has 5 rings (SSSR count). The van der Waals surface area contributed by atoms with Crippen LogP contribution in [0.2, 0.25) is 5.02 Å². The number of allylic oxidation sites excluding steroid dienone is 2. The minimum absolute atomic E-state index is 0.113. The van der Waals surface area contributed by atoms with Gasteiger partial charge in [0.15, 0.2) is 11.6 Å². The summed E-state index contributed by atoms with van der Waals surface area (Å²) in [6.07, 6.45) is 2.11. The van der Waals surface area contributed by atoms with Crippen LogP contribution in [0.4, 0.5) is 5.95 Å². The van der Waals surface area contributed by atoms with Crippen molar-refractivity contribution in [2.75, 3.05) is 19.5 Å². The van der Waals surface area contributed by atoms with Gasteiger partial charge in [0.05, 0.1) is 14.2 Å². The van der Waals surface area contributed by atoms with E-state index in [-0.39, 0.29) is 5.78 Å². The number of ketones is 1. The number of carbonyl (C=O) groups is 1. The van der Waals surface area contributed by atoms with E-state index in [9.17, 15) is 4.79 Å². The van der Waals surface area contributed by atoms with Gasteiger partial charge < -0.3 is 14.8 Å². The third-order valence-electron chi connectivity index (χ3n) is 5.69. The molecule has 0 radical (unpaired) electrons. The molecule has 2 aromatic carbocycles. The molecule has 2 aliphatic rings. The molecular formula is C23H21ClN4O3. The number of rotatable bonds is 4. The van der Waals surface area contributed by atoms with Crippen molar-refractivity contribution in [3.8, 4) is 22.9 Å². The van der Waals surface area contributed by atoms with E-state index in [1.165, 1.54) is 0 Å². The molecule has 0 saturated heterocycles. The number of ether oxygens (including phenoxy) is 2. The molecule has 0 bridgehead atoms. The Balaban J connectivity index is 1.70. The molecule has 7 nitrogen and oxygen atoms in total. The summed E-state index contributed by atoms with van der Waals surface area (Å²) >= 11 is 6.17. The lowest BCUT2D eigenvalue weighted by molar-refractivity contribution is -0.116. The van der Waals surface area contributed by atoms with Crippen LogP contribution in [0, 0.1) is 0 Å². The Morgan fingerprint density at radius 3 is 2.77 bits per heavy atom. The zero-order valence-corrected chi connectivity index (χ0v) is 17.9. The summed E-state index contributed by atoms with van der Waals surface area (Å²) in [7, 11) is 3.22. The maximum atomic E-state index is 13.0. The van der Waals surface area contributed by atoms with E-state index in [1.807, 2.05) is 42.5 Å². The summed E-state index contributed by atoms with van der Waals surface area (Å²) in [5, 5.41) is 8.73. The van der Waals surface area contributed by atoms with Gasteiger partial charge in [-0.3, -0.25) is 4.79 Å². The number of methoxy groups -OCH3 is 2. The quantitative estimate of drug-likeness (QED) is 0.642. The highest BCUT2D eigenvalue weighted by Gasteiger charge is 2.38. The topological polar surface area (TPSA) is 78.3 Å². The number of hydrogen-bond donors (Lipinski definition) is 1. The zero-order chi connectivity index (χ0) is 21.5. The Morgan fingerprint density at radius 2 is 2.00 bits per heavy atom. The second kappa shape index (κ2) is 7.74. The lowest BCUT2D eigenvalue weighted by atomic mass is 9.85. The van der Waals surface area contributed by atoms with Crippen molar-refractivity contribution in [2.45, 2.75) is 25.3 Å². The second-order valence-electron chi connectivity index (χ2n) is 7.52. The van der Waals surface area contributed by atoms with Gasteiger partial charge in [-0.2, -0.15) is 4.98 Å². The third kappa shape index (κ3) is 3.35. The van der Waals surface area contributed by atoms with Gasteiger partial charge in [-0.25, -0.2) is 4.68 Å². The van der Waals surface area contributed by atoms with Crippen molar-refractivity contribution < 1.29 is 14.3 Å². The van der Waals surface area contributed by atoms with Crippen molar-refractivity contribution in [3.63, 3.8) is 0 Å². The molecule has 0 spiro atoms. The smallest absolute Gasteiger partial charge is 0.226 e. The number of nitrogens with one attached hydrogen (secondary N) is 1. The van der Waals surface area contributed by atoms with Crippen LogP contribution >= 0.6 is 11.6 Å². The predicted molar refractivity (Wildman–Crippen MR) is 118 cm³/mol. The second-order valence-corrected chi connectivity index (χ2v) is 7.95. The first-order chi connectivity index (χ1) is 15.1. The minimum atomic E-state index is -0.444. The number of Topliss-reactive ketones (excluding diaryl/α,β-unsaturated/α-hetero) is 1. The van der Waals surface area contributed by atoms with E-state index >= 15 is 0 Å². The van der Waals surface area contributed by atoms with Crippen molar-refractivity contribution in [1.29, 1.82) is 0 Å². The Labute approximate surface area is 184 Å². The fraction of sp³-hybridized carbons (Fsp3) is 0.261. The molecule has 31 heavy (non-hydrogen) atoms. The first-order valence-electron chi connectivity index (χ1n) is 10.1. The van der Waals surface area contributed by atoms with Crippen LogP contribution in [0.15, 0.2) is 53.7 Å². The van der Waals surface area contributed by atoms with Crippen molar-refractivity contribution in [2.24, 2.45) is 0 Å². The molecule has 0 saturated carbocycles. The van der Waals surface area contributed by atoms with E-state index in [1.54, 1.807) is 18.9 Å². The average molecular weight is 437 g/mol. The Morgan fingerprint density at radius 1 is 1.13 bits per heavy atom. The molecule has 1 unspecified atom stereocenters. The van der Waals surface area contributed by atoms with Crippen molar-refractivity contribution >= 4 is 23.3 Å². The Kier molecular flexibility index (Phi) is 4.90. The van der Waals surface area contributed by atoms with Crippen LogP contribution in [-0.4, -0.2) is 34.8 Å². The molecule has 0 amide bonds. The number of nitrogens with zero attached hydrogens (tertiary/aromatic N) is 3. The Hall–Kier alpha value is -3.32. The van der Waals surface area contributed by atoms with Crippen molar-refractivity contribution in [3.05, 3.63) is 64.3 Å². The number of benzene rings is 2. The van der Waals surface area contributed by atoms with Crippen LogP contribution < -0.4 is 14.8 Å². The minimum Gasteiger partial charge on any atom is -0.497 e. The van der Waals surface area contributed by atoms with Gasteiger partial charge in [0.2, 0.25) is 5.95 Å². The molecule has 1 atom stereocenters. The van der Waals surface area contributed by atoms with E-state index in [4.69, 9.17) is 31.2 Å². The molecule has 1 aliphatic heterocycles. The number of fused-ring (bicyclic) bond motifs is 1. The highest BCUT2D eigenvalue weighted by molar-refractivity contribution is 6.30. The summed E-state index contributed by atoms with van der Waals surface area (Å²) in [5.41, 5.74) is 3.25. The molecule has 1 aliphatic carbocycles. The molecule has 2 heterocycles. The zero-order valence-electron chi connectivity index (χ0n) is 17.2. The van der Waals surface area contributed by atoms with E-state index in [0.717, 1.165) is 29.7 Å². The molecular weight excluding hydrogens is 416 g/mol. The first-order valence-corrected chi connectivity index (χ1v) is 10.4. The summed E-state index contributed by atoms with van der Waals surface area (Å²) in [6, 6.07) is 12.6. The number of carbonyl (C=O) groups excluding carboxylic acids is 1. The summed E-state index contributed by atoms with van der Waals surface area (Å²) in [5.74, 6) is 2.54. The summed E-state index contributed by atoms with van der Waals surface area (Å²) in [4.78, 5) is 17.7. The molecule has 158 valence electrons. The van der Waals surface area contributed by atoms with Crippen LogP contribution in [0.1, 0.15) is 30.9 Å². The van der Waals surface area contributed by atoms with E-state index in [2.05, 4.69) is 5.32 Å². The van der Waals surface area contributed by atoms with Crippen LogP contribution in [0.3, 0.4) is 0 Å². The third-order valence-corrected chi connectivity index (χ3v) is 5.92. The van der Waals surface area contributed by atoms with Gasteiger partial charge in [0.25, 0.3) is 0 Å². The fourth-order valence-electron chi connectivity index (χ4n) is 4.24. The van der Waals surface area contributed by atoms with Gasteiger partial charge in [-0.1, -0.05) is 23.7 Å². The monoisotopic (exact) mass is 436 g/mol. The SMILES string of the molecule is COc1ccc(C2C3=C(CCCC3=O)Nc3nc(-c4cccc(Cl)c4)nn32)c(OC)c1. The van der Waals surface area contributed by atoms with Crippen molar-refractivity contribution in [1.82, 2.24) is 14.8 Å². The summed E-state index contributed by atoms with van der Waals surface area (Å²) < 4.78 is 12.8.